The van der Waals surface area contributed by atoms with Gasteiger partial charge in [-0.2, -0.15) is 0 Å². The molecule has 1 aromatic rings. The summed E-state index contributed by atoms with van der Waals surface area (Å²) in [5.41, 5.74) is 1.25. The molecule has 2 heteroatoms. The lowest BCUT2D eigenvalue weighted by Gasteiger charge is -2.11. The van der Waals surface area contributed by atoms with Gasteiger partial charge in [0.25, 0.3) is 0 Å². The van der Waals surface area contributed by atoms with Gasteiger partial charge >= 0.3 is 0 Å². The zero-order valence-electron chi connectivity index (χ0n) is 9.36. The predicted molar refractivity (Wildman–Crippen MR) is 61.6 cm³/mol. The lowest BCUT2D eigenvalue weighted by molar-refractivity contribution is -0.103. The van der Waals surface area contributed by atoms with Crippen molar-refractivity contribution >= 4 is 0 Å². The summed E-state index contributed by atoms with van der Waals surface area (Å²) in [6.07, 6.45) is 3.13. The van der Waals surface area contributed by atoms with Crippen molar-refractivity contribution in [2.45, 2.75) is 38.9 Å². The van der Waals surface area contributed by atoms with Gasteiger partial charge in [-0.05, 0) is 24.8 Å². The van der Waals surface area contributed by atoms with Crippen LogP contribution >= 0.6 is 0 Å². The summed E-state index contributed by atoms with van der Waals surface area (Å²) in [5.74, 6) is 0. The van der Waals surface area contributed by atoms with Crippen molar-refractivity contribution in [3.63, 3.8) is 0 Å². The first kappa shape index (κ1) is 12.2. The van der Waals surface area contributed by atoms with Crippen LogP contribution < -0.4 is 0 Å². The second-order valence-corrected chi connectivity index (χ2v) is 3.70. The summed E-state index contributed by atoms with van der Waals surface area (Å²) in [4.78, 5) is 0. The van der Waals surface area contributed by atoms with Crippen molar-refractivity contribution in [1.29, 1.82) is 0 Å². The average molecular weight is 208 g/mol. The van der Waals surface area contributed by atoms with Crippen LogP contribution in [0.25, 0.3) is 0 Å². The molecule has 0 aromatic heterocycles. The van der Waals surface area contributed by atoms with E-state index in [1.807, 2.05) is 18.2 Å². The van der Waals surface area contributed by atoms with E-state index in [0.29, 0.717) is 6.61 Å². The molecule has 0 bridgehead atoms. The maximum Gasteiger partial charge on any atom is 0.154 e. The molecule has 0 radical (unpaired) electrons. The molecule has 0 spiro atoms. The van der Waals surface area contributed by atoms with Gasteiger partial charge in [-0.25, -0.2) is 0 Å². The molecule has 0 saturated heterocycles. The van der Waals surface area contributed by atoms with E-state index in [1.54, 1.807) is 0 Å². The van der Waals surface area contributed by atoms with Gasteiger partial charge in [-0.3, -0.25) is 0 Å². The van der Waals surface area contributed by atoms with E-state index in [1.165, 1.54) is 5.56 Å². The maximum atomic E-state index is 9.44. The van der Waals surface area contributed by atoms with Gasteiger partial charge in [-0.1, -0.05) is 43.7 Å². The van der Waals surface area contributed by atoms with Gasteiger partial charge in [0, 0.05) is 0 Å². The van der Waals surface area contributed by atoms with Crippen LogP contribution in [0, 0.1) is 0 Å². The Hall–Kier alpha value is -0.860. The summed E-state index contributed by atoms with van der Waals surface area (Å²) in [7, 11) is 0. The fourth-order valence-electron chi connectivity index (χ4n) is 1.42. The lowest BCUT2D eigenvalue weighted by Crippen LogP contribution is -2.13. The molecule has 1 rings (SSSR count). The van der Waals surface area contributed by atoms with E-state index >= 15 is 0 Å². The molecular formula is C13H20O2. The van der Waals surface area contributed by atoms with Gasteiger partial charge in [0.2, 0.25) is 0 Å². The van der Waals surface area contributed by atoms with E-state index in [4.69, 9.17) is 4.74 Å². The van der Waals surface area contributed by atoms with Crippen molar-refractivity contribution < 1.29 is 9.84 Å². The van der Waals surface area contributed by atoms with E-state index in [-0.39, 0.29) is 0 Å². The molecule has 84 valence electrons. The Kier molecular flexibility index (Phi) is 6.05. The van der Waals surface area contributed by atoms with E-state index in [9.17, 15) is 5.11 Å². The topological polar surface area (TPSA) is 29.5 Å². The zero-order valence-corrected chi connectivity index (χ0v) is 9.36. The molecule has 15 heavy (non-hydrogen) atoms. The average Bonchev–Trinajstić information content (AvgIpc) is 2.28. The van der Waals surface area contributed by atoms with Crippen LogP contribution in [0.15, 0.2) is 30.3 Å². The second-order valence-electron chi connectivity index (χ2n) is 3.70. The molecule has 1 N–H and O–H groups in total. The van der Waals surface area contributed by atoms with Gasteiger partial charge in [0.05, 0.1) is 6.61 Å². The Balaban J connectivity index is 2.11. The number of hydrogen-bond acceptors (Lipinski definition) is 2. The highest BCUT2D eigenvalue weighted by atomic mass is 16.6. The monoisotopic (exact) mass is 208 g/mol. The maximum absolute atomic E-state index is 9.44. The first-order valence-electron chi connectivity index (χ1n) is 5.66. The van der Waals surface area contributed by atoms with Crippen molar-refractivity contribution in [1.82, 2.24) is 0 Å². The number of aliphatic hydroxyl groups is 1. The number of benzene rings is 1. The molecule has 0 aliphatic heterocycles. The van der Waals surface area contributed by atoms with Crippen LogP contribution in [0.4, 0.5) is 0 Å². The largest absolute Gasteiger partial charge is 0.368 e. The van der Waals surface area contributed by atoms with Crippen LogP contribution in [0.5, 0.6) is 0 Å². The standard InChI is InChI=1S/C13H20O2/c1-2-3-9-13(14)15-11-10-12-7-5-4-6-8-12/h4-8,13-14H,2-3,9-11H2,1H3. The van der Waals surface area contributed by atoms with Crippen molar-refractivity contribution in [3.8, 4) is 0 Å². The number of aliphatic hydroxyl groups excluding tert-OH is 1. The quantitative estimate of drug-likeness (QED) is 0.698. The van der Waals surface area contributed by atoms with Gasteiger partial charge in [-0.15, -0.1) is 0 Å². The Morgan fingerprint density at radius 3 is 2.67 bits per heavy atom. The van der Waals surface area contributed by atoms with Crippen LogP contribution in [0.1, 0.15) is 31.7 Å². The minimum atomic E-state index is -0.589. The third-order valence-electron chi connectivity index (χ3n) is 2.35. The molecule has 1 aromatic carbocycles. The second kappa shape index (κ2) is 7.43. The molecule has 0 fully saturated rings. The third kappa shape index (κ3) is 5.55. The van der Waals surface area contributed by atoms with Gasteiger partial charge < -0.3 is 9.84 Å². The van der Waals surface area contributed by atoms with E-state index in [0.717, 1.165) is 25.7 Å². The number of unbranched alkanes of at least 4 members (excludes halogenated alkanes) is 1. The molecule has 1 unspecified atom stereocenters. The molecular weight excluding hydrogens is 188 g/mol. The highest BCUT2D eigenvalue weighted by Gasteiger charge is 2.02. The van der Waals surface area contributed by atoms with Crippen molar-refractivity contribution in [3.05, 3.63) is 35.9 Å². The fourth-order valence-corrected chi connectivity index (χ4v) is 1.42. The molecule has 0 aliphatic rings. The summed E-state index contributed by atoms with van der Waals surface area (Å²) in [5, 5.41) is 9.44. The first-order valence-corrected chi connectivity index (χ1v) is 5.66. The highest BCUT2D eigenvalue weighted by molar-refractivity contribution is 5.14. The normalized spacial score (nSPS) is 12.7. The SMILES string of the molecule is CCCCC(O)OCCc1ccccc1. The Bertz CT molecular complexity index is 246. The van der Waals surface area contributed by atoms with E-state index in [2.05, 4.69) is 19.1 Å². The molecule has 2 nitrogen and oxygen atoms in total. The third-order valence-corrected chi connectivity index (χ3v) is 2.35. The van der Waals surface area contributed by atoms with Crippen LogP contribution in [0.3, 0.4) is 0 Å². The number of rotatable bonds is 7. The highest BCUT2D eigenvalue weighted by Crippen LogP contribution is 2.04. The molecule has 0 aliphatic carbocycles. The van der Waals surface area contributed by atoms with Crippen LogP contribution in [0.2, 0.25) is 0 Å². The summed E-state index contributed by atoms with van der Waals surface area (Å²) >= 11 is 0. The van der Waals surface area contributed by atoms with Gasteiger partial charge in [0.15, 0.2) is 6.29 Å². The van der Waals surface area contributed by atoms with Crippen molar-refractivity contribution in [2.24, 2.45) is 0 Å². The van der Waals surface area contributed by atoms with Crippen molar-refractivity contribution in [2.75, 3.05) is 6.61 Å². The number of hydrogen-bond donors (Lipinski definition) is 1. The fraction of sp³-hybridized carbons (Fsp3) is 0.538. The summed E-state index contributed by atoms with van der Waals surface area (Å²) in [6.45, 7) is 2.70. The van der Waals surface area contributed by atoms with Crippen LogP contribution in [-0.4, -0.2) is 18.0 Å². The molecule has 0 amide bonds. The predicted octanol–water partition coefficient (Wildman–Crippen LogP) is 2.75. The molecule has 0 saturated carbocycles. The molecule has 1 atom stereocenters. The summed E-state index contributed by atoms with van der Waals surface area (Å²) in [6, 6.07) is 10.2. The molecule has 0 heterocycles. The van der Waals surface area contributed by atoms with Crippen LogP contribution in [-0.2, 0) is 11.2 Å². The Labute approximate surface area is 91.9 Å². The van der Waals surface area contributed by atoms with E-state index < -0.39 is 6.29 Å². The Morgan fingerprint density at radius 1 is 1.27 bits per heavy atom. The zero-order chi connectivity index (χ0) is 10.9. The minimum absolute atomic E-state index is 0.589. The Morgan fingerprint density at radius 2 is 2.00 bits per heavy atom. The first-order chi connectivity index (χ1) is 7.33. The minimum Gasteiger partial charge on any atom is -0.368 e. The number of ether oxygens (including phenoxy) is 1. The smallest absolute Gasteiger partial charge is 0.154 e. The summed E-state index contributed by atoms with van der Waals surface area (Å²) < 4.78 is 5.30. The van der Waals surface area contributed by atoms with Gasteiger partial charge in [0.1, 0.15) is 0 Å². The lowest BCUT2D eigenvalue weighted by atomic mass is 10.2.